The Bertz CT molecular complexity index is 847. The Kier molecular flexibility index (Phi) is 4.83. The average Bonchev–Trinajstić information content (AvgIpc) is 3.06. The lowest BCUT2D eigenvalue weighted by atomic mass is 10.2. The normalized spacial score (nSPS) is 10.5. The summed E-state index contributed by atoms with van der Waals surface area (Å²) in [5.41, 5.74) is 2.25. The molecule has 3 aromatic rings. The molecule has 0 atom stereocenters. The number of amides is 1. The standard InChI is InChI=1S/C17H14BrN3OS/c1-23-17-19-9-10-21(17)13-6-4-5-12(11-13)16(22)20-15-8-3-2-7-14(15)18/h2-11H,1H3,(H,20,22). The minimum Gasteiger partial charge on any atom is -0.321 e. The average molecular weight is 388 g/mol. The van der Waals surface area contributed by atoms with E-state index in [9.17, 15) is 4.79 Å². The summed E-state index contributed by atoms with van der Waals surface area (Å²) < 4.78 is 2.81. The van der Waals surface area contributed by atoms with Gasteiger partial charge < -0.3 is 5.32 Å². The van der Waals surface area contributed by atoms with Crippen LogP contribution in [0.3, 0.4) is 0 Å². The van der Waals surface area contributed by atoms with Crippen LogP contribution in [0.15, 0.2) is 70.6 Å². The third kappa shape index (κ3) is 3.48. The van der Waals surface area contributed by atoms with Gasteiger partial charge in [-0.25, -0.2) is 4.98 Å². The van der Waals surface area contributed by atoms with Crippen molar-refractivity contribution in [3.63, 3.8) is 0 Å². The highest BCUT2D eigenvalue weighted by molar-refractivity contribution is 9.10. The summed E-state index contributed by atoms with van der Waals surface area (Å²) >= 11 is 4.99. The maximum Gasteiger partial charge on any atom is 0.255 e. The van der Waals surface area contributed by atoms with Gasteiger partial charge in [0.25, 0.3) is 5.91 Å². The Labute approximate surface area is 147 Å². The van der Waals surface area contributed by atoms with E-state index in [1.807, 2.05) is 59.5 Å². The van der Waals surface area contributed by atoms with Crippen molar-refractivity contribution in [3.05, 3.63) is 71.0 Å². The van der Waals surface area contributed by atoms with Crippen LogP contribution in [-0.2, 0) is 0 Å². The molecule has 1 heterocycles. The van der Waals surface area contributed by atoms with Crippen LogP contribution >= 0.6 is 27.7 Å². The minimum absolute atomic E-state index is 0.149. The van der Waals surface area contributed by atoms with Crippen molar-refractivity contribution in [1.82, 2.24) is 9.55 Å². The van der Waals surface area contributed by atoms with E-state index in [0.29, 0.717) is 5.56 Å². The molecule has 116 valence electrons. The summed E-state index contributed by atoms with van der Waals surface area (Å²) in [6, 6.07) is 15.0. The van der Waals surface area contributed by atoms with E-state index in [-0.39, 0.29) is 5.91 Å². The van der Waals surface area contributed by atoms with Crippen molar-refractivity contribution >= 4 is 39.3 Å². The van der Waals surface area contributed by atoms with Crippen molar-refractivity contribution in [2.45, 2.75) is 5.16 Å². The zero-order valence-corrected chi connectivity index (χ0v) is 14.8. The summed E-state index contributed by atoms with van der Waals surface area (Å²) in [7, 11) is 0. The lowest BCUT2D eigenvalue weighted by molar-refractivity contribution is 0.102. The van der Waals surface area contributed by atoms with Crippen LogP contribution in [0.4, 0.5) is 5.69 Å². The fourth-order valence-corrected chi connectivity index (χ4v) is 3.10. The van der Waals surface area contributed by atoms with Crippen molar-refractivity contribution in [2.24, 2.45) is 0 Å². The van der Waals surface area contributed by atoms with Crippen molar-refractivity contribution < 1.29 is 4.79 Å². The number of hydrogen-bond donors (Lipinski definition) is 1. The van der Waals surface area contributed by atoms with Gasteiger partial charge in [-0.3, -0.25) is 9.36 Å². The molecule has 6 heteroatoms. The van der Waals surface area contributed by atoms with Gasteiger partial charge >= 0.3 is 0 Å². The highest BCUT2D eigenvalue weighted by Gasteiger charge is 2.10. The molecule has 0 bridgehead atoms. The topological polar surface area (TPSA) is 46.9 Å². The number of imidazole rings is 1. The maximum absolute atomic E-state index is 12.5. The number of thioether (sulfide) groups is 1. The summed E-state index contributed by atoms with van der Waals surface area (Å²) in [4.78, 5) is 16.8. The summed E-state index contributed by atoms with van der Waals surface area (Å²) in [5.74, 6) is -0.149. The molecule has 2 aromatic carbocycles. The molecular weight excluding hydrogens is 374 g/mol. The first kappa shape index (κ1) is 15.8. The number of hydrogen-bond acceptors (Lipinski definition) is 3. The molecule has 0 fully saturated rings. The van der Waals surface area contributed by atoms with Gasteiger partial charge in [0.05, 0.1) is 5.69 Å². The van der Waals surface area contributed by atoms with Gasteiger partial charge in [-0.05, 0) is 52.5 Å². The number of nitrogens with one attached hydrogen (secondary N) is 1. The second-order valence-corrected chi connectivity index (χ2v) is 6.40. The van der Waals surface area contributed by atoms with Crippen LogP contribution in [-0.4, -0.2) is 21.7 Å². The number of para-hydroxylation sites is 1. The fourth-order valence-electron chi connectivity index (χ4n) is 2.19. The smallest absolute Gasteiger partial charge is 0.255 e. The number of halogens is 1. The minimum atomic E-state index is -0.149. The van der Waals surface area contributed by atoms with E-state index in [2.05, 4.69) is 26.2 Å². The van der Waals surface area contributed by atoms with Crippen LogP contribution in [0, 0.1) is 0 Å². The van der Waals surface area contributed by atoms with Crippen LogP contribution in [0.5, 0.6) is 0 Å². The third-order valence-electron chi connectivity index (χ3n) is 3.30. The van der Waals surface area contributed by atoms with E-state index in [1.165, 1.54) is 0 Å². The van der Waals surface area contributed by atoms with Gasteiger partial charge in [-0.2, -0.15) is 0 Å². The van der Waals surface area contributed by atoms with E-state index < -0.39 is 0 Å². The van der Waals surface area contributed by atoms with Crippen LogP contribution in [0.25, 0.3) is 5.69 Å². The molecular formula is C17H14BrN3OS. The van der Waals surface area contributed by atoms with Gasteiger partial charge in [0, 0.05) is 28.1 Å². The quantitative estimate of drug-likeness (QED) is 0.664. The van der Waals surface area contributed by atoms with Gasteiger partial charge in [-0.15, -0.1) is 0 Å². The van der Waals surface area contributed by atoms with Gasteiger partial charge in [0.15, 0.2) is 5.16 Å². The predicted molar refractivity (Wildman–Crippen MR) is 97.4 cm³/mol. The van der Waals surface area contributed by atoms with Crippen LogP contribution in [0.1, 0.15) is 10.4 Å². The summed E-state index contributed by atoms with van der Waals surface area (Å²) in [6.45, 7) is 0. The molecule has 1 aromatic heterocycles. The molecule has 0 aliphatic carbocycles. The maximum atomic E-state index is 12.5. The van der Waals surface area contributed by atoms with E-state index in [4.69, 9.17) is 0 Å². The molecule has 1 amide bonds. The Hall–Kier alpha value is -2.05. The number of carbonyl (C=O) groups is 1. The zero-order chi connectivity index (χ0) is 16.2. The lowest BCUT2D eigenvalue weighted by Crippen LogP contribution is -2.12. The molecule has 1 N–H and O–H groups in total. The predicted octanol–water partition coefficient (Wildman–Crippen LogP) is 4.61. The van der Waals surface area contributed by atoms with Gasteiger partial charge in [-0.1, -0.05) is 30.0 Å². The summed E-state index contributed by atoms with van der Waals surface area (Å²) in [6.07, 6.45) is 5.61. The molecule has 23 heavy (non-hydrogen) atoms. The second-order valence-electron chi connectivity index (χ2n) is 4.77. The molecule has 3 rings (SSSR count). The molecule has 4 nitrogen and oxygen atoms in total. The SMILES string of the molecule is CSc1nccn1-c1cccc(C(=O)Nc2ccccc2Br)c1. The van der Waals surface area contributed by atoms with E-state index in [1.54, 1.807) is 24.0 Å². The first-order valence-corrected chi connectivity index (χ1v) is 8.94. The first-order valence-electron chi connectivity index (χ1n) is 6.92. The molecule has 0 radical (unpaired) electrons. The Morgan fingerprint density at radius 1 is 1.22 bits per heavy atom. The number of carbonyl (C=O) groups excluding carboxylic acids is 1. The molecule has 0 spiro atoms. The van der Waals surface area contributed by atoms with Gasteiger partial charge in [0.1, 0.15) is 0 Å². The van der Waals surface area contributed by atoms with Crippen LogP contribution < -0.4 is 5.32 Å². The lowest BCUT2D eigenvalue weighted by Gasteiger charge is -2.10. The van der Waals surface area contributed by atoms with Crippen molar-refractivity contribution in [3.8, 4) is 5.69 Å². The second kappa shape index (κ2) is 7.02. The highest BCUT2D eigenvalue weighted by Crippen LogP contribution is 2.23. The Balaban J connectivity index is 1.88. The number of benzene rings is 2. The molecule has 0 aliphatic heterocycles. The first-order chi connectivity index (χ1) is 11.2. The number of nitrogens with zero attached hydrogens (tertiary/aromatic N) is 2. The number of rotatable bonds is 4. The third-order valence-corrected chi connectivity index (χ3v) is 4.66. The zero-order valence-electron chi connectivity index (χ0n) is 12.4. The van der Waals surface area contributed by atoms with Crippen molar-refractivity contribution in [2.75, 3.05) is 11.6 Å². The highest BCUT2D eigenvalue weighted by atomic mass is 79.9. The molecule has 0 saturated carbocycles. The summed E-state index contributed by atoms with van der Waals surface area (Å²) in [5, 5.41) is 3.79. The van der Waals surface area contributed by atoms with Crippen molar-refractivity contribution in [1.29, 1.82) is 0 Å². The molecule has 0 saturated heterocycles. The van der Waals surface area contributed by atoms with Crippen LogP contribution in [0.2, 0.25) is 0 Å². The number of anilines is 1. The fraction of sp³-hybridized carbons (Fsp3) is 0.0588. The number of aromatic nitrogens is 2. The molecule has 0 unspecified atom stereocenters. The molecule has 0 aliphatic rings. The Morgan fingerprint density at radius 2 is 2.04 bits per heavy atom. The monoisotopic (exact) mass is 387 g/mol. The van der Waals surface area contributed by atoms with E-state index in [0.717, 1.165) is 21.0 Å². The largest absolute Gasteiger partial charge is 0.321 e. The van der Waals surface area contributed by atoms with Gasteiger partial charge in [0.2, 0.25) is 0 Å². The Morgan fingerprint density at radius 3 is 2.83 bits per heavy atom. The van der Waals surface area contributed by atoms with E-state index >= 15 is 0 Å².